The first kappa shape index (κ1) is 22.2. The number of fused-ring (bicyclic) bond motifs is 1. The lowest BCUT2D eigenvalue weighted by molar-refractivity contribution is -0.393. The summed E-state index contributed by atoms with van der Waals surface area (Å²) in [5.74, 6) is 0. The molecule has 0 saturated carbocycles. The van der Waals surface area contributed by atoms with Crippen LogP contribution in [0.4, 0.5) is 17.1 Å². The summed E-state index contributed by atoms with van der Waals surface area (Å²) in [6.07, 6.45) is 5.71. The monoisotopic (exact) mass is 464 g/mol. The molecule has 2 heterocycles. The molecule has 0 unspecified atom stereocenters. The van der Waals surface area contributed by atoms with Gasteiger partial charge >= 0.3 is 5.69 Å². The number of nitro groups is 2. The molecule has 0 atom stereocenters. The number of hydrazone groups is 1. The number of non-ortho nitro benzene ring substituents is 1. The largest absolute Gasteiger partial charge is 0.308 e. The van der Waals surface area contributed by atoms with Crippen LogP contribution in [0.25, 0.3) is 5.00 Å². The van der Waals surface area contributed by atoms with E-state index < -0.39 is 15.5 Å². The number of nitriles is 1. The zero-order valence-electron chi connectivity index (χ0n) is 18.0. The molecule has 10 nitrogen and oxygen atoms in total. The third-order valence-electron chi connectivity index (χ3n) is 5.72. The van der Waals surface area contributed by atoms with Gasteiger partial charge in [0.15, 0.2) is 0 Å². The number of aryl methyl sites for hydroxylation is 2. The second-order valence-corrected chi connectivity index (χ2v) is 8.83. The molecule has 33 heavy (non-hydrogen) atoms. The maximum absolute atomic E-state index is 11.3. The second kappa shape index (κ2) is 8.84. The van der Waals surface area contributed by atoms with Crippen molar-refractivity contribution in [1.82, 2.24) is 4.57 Å². The van der Waals surface area contributed by atoms with E-state index in [1.165, 1.54) is 22.6 Å². The first-order valence-electron chi connectivity index (χ1n) is 10.3. The van der Waals surface area contributed by atoms with Crippen molar-refractivity contribution in [3.05, 3.63) is 77.4 Å². The fraction of sp³-hybridized carbons (Fsp3) is 0.273. The summed E-state index contributed by atoms with van der Waals surface area (Å²) in [5.41, 5.74) is 6.40. The van der Waals surface area contributed by atoms with Crippen LogP contribution in [0.15, 0.2) is 29.4 Å². The standard InChI is InChI=1S/C22H20N6O4S/c1-13-9-15(12-24-25-19-8-7-16(27(29)30)10-20(19)28(31)32)14(2)26(13)22-18(11-23)17-5-3-4-6-21(17)33-22/h7-10,12,25H,3-6H2,1-2H3/b24-12+. The Kier molecular flexibility index (Phi) is 5.93. The smallest absolute Gasteiger partial charge is 0.301 e. The quantitative estimate of drug-likeness (QED) is 0.303. The van der Waals surface area contributed by atoms with Crippen LogP contribution in [0.2, 0.25) is 0 Å². The maximum atomic E-state index is 11.3. The van der Waals surface area contributed by atoms with Crippen molar-refractivity contribution < 1.29 is 9.85 Å². The molecule has 0 bridgehead atoms. The lowest BCUT2D eigenvalue weighted by Gasteiger charge is -2.10. The van der Waals surface area contributed by atoms with Gasteiger partial charge in [0.05, 0.1) is 27.7 Å². The van der Waals surface area contributed by atoms with E-state index in [-0.39, 0.29) is 11.4 Å². The molecule has 2 aromatic heterocycles. The lowest BCUT2D eigenvalue weighted by Crippen LogP contribution is -2.02. The number of nitrogens with one attached hydrogen (secondary N) is 1. The third-order valence-corrected chi connectivity index (χ3v) is 6.99. The number of nitrogens with zero attached hydrogens (tertiary/aromatic N) is 5. The number of benzene rings is 1. The fourth-order valence-electron chi connectivity index (χ4n) is 4.11. The van der Waals surface area contributed by atoms with Gasteiger partial charge in [-0.1, -0.05) is 0 Å². The molecule has 1 aromatic carbocycles. The van der Waals surface area contributed by atoms with Gasteiger partial charge in [-0.05, 0) is 57.2 Å². The Hall–Kier alpha value is -4.04. The van der Waals surface area contributed by atoms with Crippen molar-refractivity contribution in [3.8, 4) is 11.1 Å². The molecule has 0 amide bonds. The topological polar surface area (TPSA) is 139 Å². The number of anilines is 1. The Labute approximate surface area is 193 Å². The third kappa shape index (κ3) is 4.08. The van der Waals surface area contributed by atoms with Crippen LogP contribution in [0.3, 0.4) is 0 Å². The van der Waals surface area contributed by atoms with E-state index >= 15 is 0 Å². The second-order valence-electron chi connectivity index (χ2n) is 7.75. The highest BCUT2D eigenvalue weighted by molar-refractivity contribution is 7.15. The first-order chi connectivity index (χ1) is 15.8. The Bertz CT molecular complexity index is 1350. The number of hydrogen-bond acceptors (Lipinski definition) is 8. The van der Waals surface area contributed by atoms with Gasteiger partial charge in [-0.3, -0.25) is 25.7 Å². The van der Waals surface area contributed by atoms with E-state index in [4.69, 9.17) is 0 Å². The molecule has 0 saturated heterocycles. The van der Waals surface area contributed by atoms with Crippen LogP contribution >= 0.6 is 11.3 Å². The summed E-state index contributed by atoms with van der Waals surface area (Å²) < 4.78 is 2.05. The predicted octanol–water partition coefficient (Wildman–Crippen LogP) is 5.17. The van der Waals surface area contributed by atoms with Crippen molar-refractivity contribution in [2.75, 3.05) is 5.43 Å². The number of thiophene rings is 1. The van der Waals surface area contributed by atoms with E-state index in [0.717, 1.165) is 59.3 Å². The SMILES string of the molecule is Cc1cc(/C=N/Nc2ccc([N+](=O)[O-])cc2[N+](=O)[O-])c(C)n1-c1sc2c(c1C#N)CCCC2. The van der Waals surface area contributed by atoms with Crippen molar-refractivity contribution in [3.63, 3.8) is 0 Å². The minimum absolute atomic E-state index is 0.0494. The zero-order valence-corrected chi connectivity index (χ0v) is 18.8. The number of rotatable bonds is 6. The van der Waals surface area contributed by atoms with Gasteiger partial charge < -0.3 is 4.57 Å². The van der Waals surface area contributed by atoms with Crippen LogP contribution in [0.5, 0.6) is 0 Å². The first-order valence-corrected chi connectivity index (χ1v) is 11.1. The average Bonchev–Trinajstić information content (AvgIpc) is 3.29. The minimum Gasteiger partial charge on any atom is -0.308 e. The van der Waals surface area contributed by atoms with Gasteiger partial charge in [0.1, 0.15) is 16.8 Å². The van der Waals surface area contributed by atoms with Crippen molar-refractivity contribution in [2.24, 2.45) is 5.10 Å². The molecule has 3 aromatic rings. The maximum Gasteiger partial charge on any atom is 0.301 e. The van der Waals surface area contributed by atoms with Gasteiger partial charge in [-0.2, -0.15) is 10.4 Å². The molecular weight excluding hydrogens is 444 g/mol. The van der Waals surface area contributed by atoms with Crippen LogP contribution < -0.4 is 5.43 Å². The summed E-state index contributed by atoms with van der Waals surface area (Å²) in [5, 5.41) is 37.0. The Morgan fingerprint density at radius 3 is 2.64 bits per heavy atom. The van der Waals surface area contributed by atoms with E-state index in [9.17, 15) is 25.5 Å². The number of hydrogen-bond donors (Lipinski definition) is 1. The molecule has 0 aliphatic heterocycles. The van der Waals surface area contributed by atoms with Crippen LogP contribution in [-0.4, -0.2) is 20.6 Å². The molecule has 1 aliphatic rings. The molecule has 0 fully saturated rings. The fourth-order valence-corrected chi connectivity index (χ4v) is 5.56. The van der Waals surface area contributed by atoms with E-state index in [1.807, 2.05) is 19.9 Å². The summed E-state index contributed by atoms with van der Waals surface area (Å²) in [4.78, 5) is 22.1. The molecule has 1 N–H and O–H groups in total. The van der Waals surface area contributed by atoms with E-state index in [0.29, 0.717) is 0 Å². The molecule has 168 valence electrons. The molecule has 1 aliphatic carbocycles. The van der Waals surface area contributed by atoms with Crippen molar-refractivity contribution in [2.45, 2.75) is 39.5 Å². The highest BCUT2D eigenvalue weighted by Crippen LogP contribution is 2.38. The average molecular weight is 465 g/mol. The molecule has 0 radical (unpaired) electrons. The summed E-state index contributed by atoms with van der Waals surface area (Å²) in [6.45, 7) is 3.89. The number of aromatic nitrogens is 1. The van der Waals surface area contributed by atoms with Crippen LogP contribution in [0.1, 0.15) is 45.8 Å². The van der Waals surface area contributed by atoms with Gasteiger partial charge in [-0.15, -0.1) is 11.3 Å². The van der Waals surface area contributed by atoms with Gasteiger partial charge in [0.25, 0.3) is 5.69 Å². The Balaban J connectivity index is 1.64. The number of nitro benzene ring substituents is 2. The summed E-state index contributed by atoms with van der Waals surface area (Å²) in [7, 11) is 0. The Morgan fingerprint density at radius 2 is 1.94 bits per heavy atom. The lowest BCUT2D eigenvalue weighted by atomic mass is 9.96. The van der Waals surface area contributed by atoms with E-state index in [1.54, 1.807) is 17.6 Å². The molecule has 11 heteroatoms. The highest BCUT2D eigenvalue weighted by Gasteiger charge is 2.24. The minimum atomic E-state index is -0.696. The normalized spacial score (nSPS) is 13.0. The van der Waals surface area contributed by atoms with Crippen molar-refractivity contribution in [1.29, 1.82) is 5.26 Å². The summed E-state index contributed by atoms with van der Waals surface area (Å²) >= 11 is 1.66. The van der Waals surface area contributed by atoms with Gasteiger partial charge in [0.2, 0.25) is 0 Å². The highest BCUT2D eigenvalue weighted by atomic mass is 32.1. The molecule has 0 spiro atoms. The zero-order chi connectivity index (χ0) is 23.7. The van der Waals surface area contributed by atoms with E-state index in [2.05, 4.69) is 21.2 Å². The summed E-state index contributed by atoms with van der Waals surface area (Å²) in [6, 6.07) is 7.66. The van der Waals surface area contributed by atoms with Crippen LogP contribution in [-0.2, 0) is 12.8 Å². The van der Waals surface area contributed by atoms with Gasteiger partial charge in [0, 0.05) is 27.9 Å². The predicted molar refractivity (Wildman–Crippen MR) is 125 cm³/mol. The van der Waals surface area contributed by atoms with Gasteiger partial charge in [-0.25, -0.2) is 0 Å². The molecule has 4 rings (SSSR count). The van der Waals surface area contributed by atoms with Crippen molar-refractivity contribution >= 4 is 34.6 Å². The van der Waals surface area contributed by atoms with Crippen LogP contribution in [0, 0.1) is 45.4 Å². The Morgan fingerprint density at radius 1 is 1.18 bits per heavy atom. The molecular formula is C22H20N6O4S.